The minimum atomic E-state index is -0.00921. The molecule has 8 nitrogen and oxygen atoms in total. The molecule has 0 amide bonds. The molecule has 1 saturated heterocycles. The number of hydrogen-bond acceptors (Lipinski definition) is 7. The Morgan fingerprint density at radius 2 is 1.88 bits per heavy atom. The van der Waals surface area contributed by atoms with E-state index in [0.29, 0.717) is 21.9 Å². The van der Waals surface area contributed by atoms with Gasteiger partial charge in [-0.05, 0) is 53.4 Å². The number of halogens is 1. The summed E-state index contributed by atoms with van der Waals surface area (Å²) >= 11 is 3.51. The Bertz CT molecular complexity index is 1170. The Balaban J connectivity index is 1.47. The second kappa shape index (κ2) is 9.15. The van der Waals surface area contributed by atoms with Crippen molar-refractivity contribution < 1.29 is 0 Å². The normalized spacial score (nSPS) is 17.6. The smallest absolute Gasteiger partial charge is 0.267 e. The maximum atomic E-state index is 13.2. The molecule has 168 valence electrons. The number of piperazine rings is 1. The SMILES string of the molecule is Cc1c(Br)c(=O)n(C2CCCCC2)c2nc(Nc3ccc(N4CCNCC4)cn3)ncc12. The van der Waals surface area contributed by atoms with Crippen LogP contribution in [0.5, 0.6) is 0 Å². The van der Waals surface area contributed by atoms with Crippen LogP contribution in [0.15, 0.2) is 33.8 Å². The van der Waals surface area contributed by atoms with Crippen LogP contribution in [0.4, 0.5) is 17.5 Å². The quantitative estimate of drug-likeness (QED) is 0.564. The summed E-state index contributed by atoms with van der Waals surface area (Å²) in [6, 6.07) is 4.20. The molecule has 3 aromatic rings. The molecule has 2 N–H and O–H groups in total. The van der Waals surface area contributed by atoms with Crippen LogP contribution < -0.4 is 21.1 Å². The Morgan fingerprint density at radius 3 is 2.59 bits per heavy atom. The summed E-state index contributed by atoms with van der Waals surface area (Å²) in [5.74, 6) is 1.13. The number of anilines is 3. The molecule has 0 bridgehead atoms. The minimum absolute atomic E-state index is 0.00921. The lowest BCUT2D eigenvalue weighted by molar-refractivity contribution is 0.352. The highest BCUT2D eigenvalue weighted by Gasteiger charge is 2.23. The number of fused-ring (bicyclic) bond motifs is 1. The third-order valence-corrected chi connectivity index (χ3v) is 7.48. The summed E-state index contributed by atoms with van der Waals surface area (Å²) in [5, 5.41) is 7.48. The molecule has 0 aromatic carbocycles. The second-order valence-electron chi connectivity index (χ2n) is 8.60. The van der Waals surface area contributed by atoms with E-state index in [1.807, 2.05) is 23.8 Å². The summed E-state index contributed by atoms with van der Waals surface area (Å²) in [6.45, 7) is 5.88. The van der Waals surface area contributed by atoms with Gasteiger partial charge in [-0.25, -0.2) is 9.97 Å². The van der Waals surface area contributed by atoms with Crippen molar-refractivity contribution in [2.24, 2.45) is 0 Å². The van der Waals surface area contributed by atoms with E-state index in [0.717, 1.165) is 68.5 Å². The molecule has 4 heterocycles. The first-order chi connectivity index (χ1) is 15.6. The predicted molar refractivity (Wildman–Crippen MR) is 131 cm³/mol. The summed E-state index contributed by atoms with van der Waals surface area (Å²) in [6.07, 6.45) is 9.21. The molecule has 32 heavy (non-hydrogen) atoms. The molecular weight excluding hydrogens is 470 g/mol. The predicted octanol–water partition coefficient (Wildman–Crippen LogP) is 3.92. The van der Waals surface area contributed by atoms with Crippen molar-refractivity contribution in [1.82, 2.24) is 24.8 Å². The third kappa shape index (κ3) is 4.11. The van der Waals surface area contributed by atoms with E-state index in [1.54, 1.807) is 6.20 Å². The van der Waals surface area contributed by atoms with Gasteiger partial charge in [0.25, 0.3) is 5.56 Å². The molecule has 1 aliphatic heterocycles. The maximum absolute atomic E-state index is 13.2. The van der Waals surface area contributed by atoms with Gasteiger partial charge in [0.1, 0.15) is 11.5 Å². The van der Waals surface area contributed by atoms with Gasteiger partial charge in [-0.3, -0.25) is 9.36 Å². The van der Waals surface area contributed by atoms with Gasteiger partial charge >= 0.3 is 0 Å². The third-order valence-electron chi connectivity index (χ3n) is 6.55. The summed E-state index contributed by atoms with van der Waals surface area (Å²) < 4.78 is 2.48. The van der Waals surface area contributed by atoms with Crippen LogP contribution >= 0.6 is 15.9 Å². The van der Waals surface area contributed by atoms with Gasteiger partial charge in [0.15, 0.2) is 0 Å². The van der Waals surface area contributed by atoms with Crippen molar-refractivity contribution in [3.8, 4) is 0 Å². The van der Waals surface area contributed by atoms with Gasteiger partial charge in [0.05, 0.1) is 16.4 Å². The molecule has 0 unspecified atom stereocenters. The lowest BCUT2D eigenvalue weighted by Gasteiger charge is -2.29. The molecule has 0 radical (unpaired) electrons. The van der Waals surface area contributed by atoms with Gasteiger partial charge < -0.3 is 15.5 Å². The summed E-state index contributed by atoms with van der Waals surface area (Å²) in [7, 11) is 0. The molecular formula is C23H28BrN7O. The van der Waals surface area contributed by atoms with Gasteiger partial charge in [0.2, 0.25) is 5.95 Å². The molecule has 3 aromatic heterocycles. The largest absolute Gasteiger partial charge is 0.368 e. The van der Waals surface area contributed by atoms with Crippen LogP contribution in [0.25, 0.3) is 11.0 Å². The molecule has 2 fully saturated rings. The highest BCUT2D eigenvalue weighted by atomic mass is 79.9. The average Bonchev–Trinajstić information content (AvgIpc) is 2.84. The van der Waals surface area contributed by atoms with E-state index in [2.05, 4.69) is 47.5 Å². The number of pyridine rings is 2. The van der Waals surface area contributed by atoms with Crippen LogP contribution in [0.3, 0.4) is 0 Å². The number of rotatable bonds is 4. The zero-order chi connectivity index (χ0) is 22.1. The standard InChI is InChI=1S/C23H28BrN7O/c1-15-18-14-27-23(28-19-8-7-17(13-26-19)30-11-9-25-10-12-30)29-21(18)31(22(32)20(15)24)16-5-3-2-4-6-16/h7-8,13-14,16,25H,2-6,9-12H2,1H3,(H,26,27,28,29). The topological polar surface area (TPSA) is 88.0 Å². The molecule has 9 heteroatoms. The zero-order valence-electron chi connectivity index (χ0n) is 18.3. The van der Waals surface area contributed by atoms with Crippen LogP contribution in [0, 0.1) is 6.92 Å². The Hall–Kier alpha value is -2.52. The first kappa shape index (κ1) is 21.3. The molecule has 0 spiro atoms. The lowest BCUT2D eigenvalue weighted by Crippen LogP contribution is -2.43. The number of hydrogen-bond donors (Lipinski definition) is 2. The van der Waals surface area contributed by atoms with Crippen molar-refractivity contribution in [3.63, 3.8) is 0 Å². The highest BCUT2D eigenvalue weighted by Crippen LogP contribution is 2.31. The second-order valence-corrected chi connectivity index (χ2v) is 9.39. The van der Waals surface area contributed by atoms with Crippen molar-refractivity contribution in [2.75, 3.05) is 36.4 Å². The van der Waals surface area contributed by atoms with Gasteiger partial charge in [0, 0.05) is 43.8 Å². The molecule has 2 aliphatic rings. The molecule has 1 saturated carbocycles. The Kier molecular flexibility index (Phi) is 6.10. The first-order valence-electron chi connectivity index (χ1n) is 11.4. The van der Waals surface area contributed by atoms with Crippen molar-refractivity contribution in [3.05, 3.63) is 44.9 Å². The highest BCUT2D eigenvalue weighted by molar-refractivity contribution is 9.10. The van der Waals surface area contributed by atoms with Gasteiger partial charge in [-0.1, -0.05) is 19.3 Å². The van der Waals surface area contributed by atoms with E-state index in [4.69, 9.17) is 4.98 Å². The number of aromatic nitrogens is 4. The summed E-state index contributed by atoms with van der Waals surface area (Å²) in [5.41, 5.74) is 2.67. The molecule has 0 atom stereocenters. The average molecular weight is 498 g/mol. The number of nitrogens with zero attached hydrogens (tertiary/aromatic N) is 5. The van der Waals surface area contributed by atoms with E-state index in [1.165, 1.54) is 6.42 Å². The number of nitrogens with one attached hydrogen (secondary N) is 2. The van der Waals surface area contributed by atoms with Crippen LogP contribution in [0.2, 0.25) is 0 Å². The van der Waals surface area contributed by atoms with E-state index < -0.39 is 0 Å². The summed E-state index contributed by atoms with van der Waals surface area (Å²) in [4.78, 5) is 29.4. The fourth-order valence-corrected chi connectivity index (χ4v) is 5.13. The van der Waals surface area contributed by atoms with Crippen LogP contribution in [0.1, 0.15) is 43.7 Å². The number of aryl methyl sites for hydroxylation is 1. The van der Waals surface area contributed by atoms with Crippen LogP contribution in [-0.2, 0) is 0 Å². The Labute approximate surface area is 195 Å². The van der Waals surface area contributed by atoms with Crippen molar-refractivity contribution in [1.29, 1.82) is 0 Å². The monoisotopic (exact) mass is 497 g/mol. The Morgan fingerprint density at radius 1 is 1.09 bits per heavy atom. The first-order valence-corrected chi connectivity index (χ1v) is 12.2. The minimum Gasteiger partial charge on any atom is -0.368 e. The van der Waals surface area contributed by atoms with Gasteiger partial charge in [-0.2, -0.15) is 4.98 Å². The maximum Gasteiger partial charge on any atom is 0.267 e. The fourth-order valence-electron chi connectivity index (χ4n) is 4.72. The zero-order valence-corrected chi connectivity index (χ0v) is 19.9. The lowest BCUT2D eigenvalue weighted by atomic mass is 9.95. The van der Waals surface area contributed by atoms with Gasteiger partial charge in [-0.15, -0.1) is 0 Å². The van der Waals surface area contributed by atoms with Crippen molar-refractivity contribution in [2.45, 2.75) is 45.1 Å². The van der Waals surface area contributed by atoms with Crippen LogP contribution in [-0.4, -0.2) is 45.7 Å². The van der Waals surface area contributed by atoms with E-state index in [9.17, 15) is 4.79 Å². The fraction of sp³-hybridized carbons (Fsp3) is 0.478. The van der Waals surface area contributed by atoms with E-state index in [-0.39, 0.29) is 11.6 Å². The molecule has 5 rings (SSSR count). The van der Waals surface area contributed by atoms with Crippen molar-refractivity contribution >= 4 is 44.4 Å². The van der Waals surface area contributed by atoms with E-state index >= 15 is 0 Å². The molecule has 1 aliphatic carbocycles.